The molecule has 1 saturated heterocycles. The molecule has 1 aromatic carbocycles. The number of hydrogen-bond acceptors (Lipinski definition) is 4. The van der Waals surface area contributed by atoms with Crippen molar-refractivity contribution >= 4 is 22.9 Å². The van der Waals surface area contributed by atoms with Crippen LogP contribution in [-0.4, -0.2) is 24.3 Å². The van der Waals surface area contributed by atoms with Gasteiger partial charge in [-0.15, -0.1) is 22.9 Å². The molecule has 1 atom stereocenters. The SMILES string of the molecule is ClCc1csc(-c2ccc(COCC3CCCO3)cc2)n1. The van der Waals surface area contributed by atoms with Gasteiger partial charge in [-0.2, -0.15) is 0 Å². The van der Waals surface area contributed by atoms with Crippen LogP contribution in [0.25, 0.3) is 10.6 Å². The van der Waals surface area contributed by atoms with E-state index in [-0.39, 0.29) is 6.10 Å². The van der Waals surface area contributed by atoms with E-state index in [1.165, 1.54) is 5.56 Å². The van der Waals surface area contributed by atoms with E-state index >= 15 is 0 Å². The number of rotatable bonds is 6. The zero-order valence-corrected chi connectivity index (χ0v) is 13.3. The number of ether oxygens (including phenoxy) is 2. The third-order valence-corrected chi connectivity index (χ3v) is 4.70. The molecule has 0 radical (unpaired) electrons. The fourth-order valence-corrected chi connectivity index (χ4v) is 3.38. The summed E-state index contributed by atoms with van der Waals surface area (Å²) in [5.41, 5.74) is 3.23. The summed E-state index contributed by atoms with van der Waals surface area (Å²) >= 11 is 7.41. The van der Waals surface area contributed by atoms with Crippen molar-refractivity contribution in [2.45, 2.75) is 31.4 Å². The molecule has 1 unspecified atom stereocenters. The minimum Gasteiger partial charge on any atom is -0.376 e. The lowest BCUT2D eigenvalue weighted by atomic mass is 10.1. The van der Waals surface area contributed by atoms with Gasteiger partial charge in [-0.05, 0) is 18.4 Å². The molecule has 0 saturated carbocycles. The molecular weight excluding hydrogens is 306 g/mol. The first-order valence-electron chi connectivity index (χ1n) is 7.14. The van der Waals surface area contributed by atoms with Crippen molar-refractivity contribution in [3.05, 3.63) is 40.9 Å². The first-order chi connectivity index (χ1) is 10.3. The van der Waals surface area contributed by atoms with E-state index in [9.17, 15) is 0 Å². The van der Waals surface area contributed by atoms with Crippen molar-refractivity contribution in [1.29, 1.82) is 0 Å². The van der Waals surface area contributed by atoms with E-state index in [1.54, 1.807) is 11.3 Å². The molecule has 2 heterocycles. The highest BCUT2D eigenvalue weighted by Gasteiger charge is 2.15. The maximum atomic E-state index is 5.78. The molecule has 1 aliphatic heterocycles. The lowest BCUT2D eigenvalue weighted by Gasteiger charge is -2.10. The van der Waals surface area contributed by atoms with Crippen LogP contribution in [0.2, 0.25) is 0 Å². The topological polar surface area (TPSA) is 31.4 Å². The second-order valence-corrected chi connectivity index (χ2v) is 6.25. The van der Waals surface area contributed by atoms with Gasteiger partial charge >= 0.3 is 0 Å². The summed E-state index contributed by atoms with van der Waals surface area (Å²) in [5.74, 6) is 0.464. The number of benzene rings is 1. The Labute approximate surface area is 133 Å². The van der Waals surface area contributed by atoms with E-state index in [1.807, 2.05) is 5.38 Å². The van der Waals surface area contributed by atoms with Crippen LogP contribution < -0.4 is 0 Å². The highest BCUT2D eigenvalue weighted by molar-refractivity contribution is 7.13. The Morgan fingerprint density at radius 2 is 2.19 bits per heavy atom. The first-order valence-corrected chi connectivity index (χ1v) is 8.55. The third-order valence-electron chi connectivity index (χ3n) is 3.49. The Morgan fingerprint density at radius 3 is 2.86 bits per heavy atom. The van der Waals surface area contributed by atoms with Crippen LogP contribution in [0, 0.1) is 0 Å². The first kappa shape index (κ1) is 15.0. The average Bonchev–Trinajstić information content (AvgIpc) is 3.19. The Balaban J connectivity index is 1.53. The predicted octanol–water partition coefficient (Wildman–Crippen LogP) is 4.24. The maximum Gasteiger partial charge on any atom is 0.123 e. The number of halogens is 1. The zero-order valence-electron chi connectivity index (χ0n) is 11.8. The second-order valence-electron chi connectivity index (χ2n) is 5.12. The van der Waals surface area contributed by atoms with E-state index in [0.29, 0.717) is 19.1 Å². The van der Waals surface area contributed by atoms with Gasteiger partial charge in [-0.3, -0.25) is 0 Å². The molecule has 1 aromatic heterocycles. The standard InChI is InChI=1S/C16H18ClNO2S/c17-8-14-11-21-16(18-14)13-5-3-12(4-6-13)9-19-10-15-2-1-7-20-15/h3-6,11,15H,1-2,7-10H2. The predicted molar refractivity (Wildman–Crippen MR) is 85.7 cm³/mol. The number of thiazole rings is 1. The summed E-state index contributed by atoms with van der Waals surface area (Å²) < 4.78 is 11.3. The largest absolute Gasteiger partial charge is 0.376 e. The maximum absolute atomic E-state index is 5.78. The summed E-state index contributed by atoms with van der Waals surface area (Å²) in [4.78, 5) is 4.48. The fourth-order valence-electron chi connectivity index (χ4n) is 2.33. The summed E-state index contributed by atoms with van der Waals surface area (Å²) in [6, 6.07) is 8.35. The quantitative estimate of drug-likeness (QED) is 0.745. The molecule has 3 nitrogen and oxygen atoms in total. The molecule has 0 bridgehead atoms. The molecular formula is C16H18ClNO2S. The van der Waals surface area contributed by atoms with Crippen LogP contribution in [0.3, 0.4) is 0 Å². The van der Waals surface area contributed by atoms with Crippen molar-refractivity contribution in [1.82, 2.24) is 4.98 Å². The van der Waals surface area contributed by atoms with Crippen molar-refractivity contribution in [2.75, 3.05) is 13.2 Å². The lowest BCUT2D eigenvalue weighted by Crippen LogP contribution is -2.13. The summed E-state index contributed by atoms with van der Waals surface area (Å²) in [7, 11) is 0. The van der Waals surface area contributed by atoms with Crippen LogP contribution in [0.4, 0.5) is 0 Å². The van der Waals surface area contributed by atoms with Crippen LogP contribution in [0.1, 0.15) is 24.1 Å². The molecule has 21 heavy (non-hydrogen) atoms. The molecule has 3 rings (SSSR count). The van der Waals surface area contributed by atoms with Gasteiger partial charge < -0.3 is 9.47 Å². The van der Waals surface area contributed by atoms with Gasteiger partial charge in [0.25, 0.3) is 0 Å². The molecule has 112 valence electrons. The summed E-state index contributed by atoms with van der Waals surface area (Å²) in [5, 5.41) is 3.01. The molecule has 1 fully saturated rings. The van der Waals surface area contributed by atoms with Crippen molar-refractivity contribution in [3.63, 3.8) is 0 Å². The van der Waals surface area contributed by atoms with Gasteiger partial charge in [0.15, 0.2) is 0 Å². The fraction of sp³-hybridized carbons (Fsp3) is 0.438. The van der Waals surface area contributed by atoms with Crippen LogP contribution in [-0.2, 0) is 22.0 Å². The number of nitrogens with zero attached hydrogens (tertiary/aromatic N) is 1. The smallest absolute Gasteiger partial charge is 0.123 e. The molecule has 2 aromatic rings. The Bertz CT molecular complexity index is 564. The van der Waals surface area contributed by atoms with E-state index < -0.39 is 0 Å². The second kappa shape index (κ2) is 7.36. The average molecular weight is 324 g/mol. The van der Waals surface area contributed by atoms with Crippen LogP contribution >= 0.6 is 22.9 Å². The minimum atomic E-state index is 0.286. The molecule has 0 aliphatic carbocycles. The van der Waals surface area contributed by atoms with Gasteiger partial charge in [0, 0.05) is 17.6 Å². The third kappa shape index (κ3) is 4.04. The molecule has 0 N–H and O–H groups in total. The highest BCUT2D eigenvalue weighted by Crippen LogP contribution is 2.24. The van der Waals surface area contributed by atoms with Crippen LogP contribution in [0.5, 0.6) is 0 Å². The molecule has 0 amide bonds. The van der Waals surface area contributed by atoms with Gasteiger partial charge in [-0.1, -0.05) is 24.3 Å². The Hall–Kier alpha value is -0.940. The van der Waals surface area contributed by atoms with Gasteiger partial charge in [0.1, 0.15) is 5.01 Å². The lowest BCUT2D eigenvalue weighted by molar-refractivity contribution is 0.0106. The molecule has 5 heteroatoms. The molecule has 1 aliphatic rings. The normalized spacial score (nSPS) is 18.2. The summed E-state index contributed by atoms with van der Waals surface area (Å²) in [6.45, 7) is 2.19. The van der Waals surface area contributed by atoms with Gasteiger partial charge in [0.2, 0.25) is 0 Å². The minimum absolute atomic E-state index is 0.286. The molecule has 0 spiro atoms. The highest BCUT2D eigenvalue weighted by atomic mass is 35.5. The van der Waals surface area contributed by atoms with E-state index in [2.05, 4.69) is 29.2 Å². The van der Waals surface area contributed by atoms with Gasteiger partial charge in [-0.25, -0.2) is 4.98 Å². The van der Waals surface area contributed by atoms with E-state index in [0.717, 1.165) is 35.7 Å². The number of aromatic nitrogens is 1. The Kier molecular flexibility index (Phi) is 5.25. The monoisotopic (exact) mass is 323 g/mol. The Morgan fingerprint density at radius 1 is 1.33 bits per heavy atom. The van der Waals surface area contributed by atoms with Crippen molar-refractivity contribution in [2.24, 2.45) is 0 Å². The van der Waals surface area contributed by atoms with E-state index in [4.69, 9.17) is 21.1 Å². The van der Waals surface area contributed by atoms with Gasteiger partial charge in [0.05, 0.1) is 30.9 Å². The van der Waals surface area contributed by atoms with Crippen molar-refractivity contribution in [3.8, 4) is 10.6 Å². The van der Waals surface area contributed by atoms with Crippen LogP contribution in [0.15, 0.2) is 29.6 Å². The van der Waals surface area contributed by atoms with Crippen molar-refractivity contribution < 1.29 is 9.47 Å². The number of hydrogen-bond donors (Lipinski definition) is 0. The summed E-state index contributed by atoms with van der Waals surface area (Å²) in [6.07, 6.45) is 2.56. The number of alkyl halides is 1. The zero-order chi connectivity index (χ0) is 14.5.